The van der Waals surface area contributed by atoms with Crippen molar-refractivity contribution in [2.75, 3.05) is 19.8 Å². The van der Waals surface area contributed by atoms with Gasteiger partial charge in [-0.05, 0) is 31.9 Å². The molecule has 0 saturated carbocycles. The first-order valence-electron chi connectivity index (χ1n) is 6.48. The highest BCUT2D eigenvalue weighted by Gasteiger charge is 2.19. The Morgan fingerprint density at radius 3 is 3.00 bits per heavy atom. The lowest BCUT2D eigenvalue weighted by atomic mass is 10.0. The molecule has 94 valence electrons. The summed E-state index contributed by atoms with van der Waals surface area (Å²) >= 11 is 0. The summed E-state index contributed by atoms with van der Waals surface area (Å²) in [5.41, 5.74) is 1.28. The maximum Gasteiger partial charge on any atom is 0.124 e. The first kappa shape index (κ1) is 12.4. The number of rotatable bonds is 6. The zero-order valence-corrected chi connectivity index (χ0v) is 10.2. The molecule has 1 aliphatic rings. The quantitative estimate of drug-likeness (QED) is 0.743. The van der Waals surface area contributed by atoms with Crippen molar-refractivity contribution < 1.29 is 9.84 Å². The molecule has 3 heteroatoms. The molecule has 0 fully saturated rings. The van der Waals surface area contributed by atoms with Crippen molar-refractivity contribution >= 4 is 0 Å². The molecular formula is C14H21NO2. The molecule has 1 aromatic carbocycles. The summed E-state index contributed by atoms with van der Waals surface area (Å²) in [6.07, 6.45) is 4.16. The number of aliphatic hydroxyl groups is 1. The lowest BCUT2D eigenvalue weighted by Crippen LogP contribution is -2.27. The van der Waals surface area contributed by atoms with Gasteiger partial charge in [0.1, 0.15) is 5.75 Å². The summed E-state index contributed by atoms with van der Waals surface area (Å²) in [4.78, 5) is 0. The molecule has 1 unspecified atom stereocenters. The predicted molar refractivity (Wildman–Crippen MR) is 68.2 cm³/mol. The number of para-hydroxylation sites is 1. The third kappa shape index (κ3) is 3.45. The third-order valence-corrected chi connectivity index (χ3v) is 3.18. The number of hydrogen-bond donors (Lipinski definition) is 2. The van der Waals surface area contributed by atoms with Crippen molar-refractivity contribution in [1.29, 1.82) is 0 Å². The van der Waals surface area contributed by atoms with Gasteiger partial charge in [0.05, 0.1) is 6.61 Å². The Morgan fingerprint density at radius 2 is 2.12 bits per heavy atom. The number of hydrogen-bond acceptors (Lipinski definition) is 3. The highest BCUT2D eigenvalue weighted by molar-refractivity contribution is 5.37. The second-order valence-electron chi connectivity index (χ2n) is 4.47. The Morgan fingerprint density at radius 1 is 1.24 bits per heavy atom. The van der Waals surface area contributed by atoms with Crippen LogP contribution in [-0.2, 0) is 0 Å². The Kier molecular flexibility index (Phi) is 4.83. The third-order valence-electron chi connectivity index (χ3n) is 3.18. The maximum absolute atomic E-state index is 8.71. The van der Waals surface area contributed by atoms with E-state index in [1.165, 1.54) is 5.56 Å². The summed E-state index contributed by atoms with van der Waals surface area (Å²) in [5.74, 6) is 1.02. The summed E-state index contributed by atoms with van der Waals surface area (Å²) in [6.45, 7) is 2.12. The van der Waals surface area contributed by atoms with E-state index >= 15 is 0 Å². The van der Waals surface area contributed by atoms with Gasteiger partial charge in [-0.2, -0.15) is 0 Å². The van der Waals surface area contributed by atoms with Crippen LogP contribution in [0, 0.1) is 0 Å². The summed E-state index contributed by atoms with van der Waals surface area (Å²) < 4.78 is 5.63. The van der Waals surface area contributed by atoms with Gasteiger partial charge in [-0.3, -0.25) is 0 Å². The number of nitrogens with one attached hydrogen (secondary N) is 1. The zero-order valence-electron chi connectivity index (χ0n) is 10.2. The summed E-state index contributed by atoms with van der Waals surface area (Å²) in [5, 5.41) is 12.3. The van der Waals surface area contributed by atoms with Crippen molar-refractivity contribution in [1.82, 2.24) is 5.32 Å². The van der Waals surface area contributed by atoms with E-state index in [1.54, 1.807) is 0 Å². The van der Waals surface area contributed by atoms with Gasteiger partial charge >= 0.3 is 0 Å². The van der Waals surface area contributed by atoms with Gasteiger partial charge in [-0.1, -0.05) is 18.2 Å². The van der Waals surface area contributed by atoms with Crippen molar-refractivity contribution in [3.05, 3.63) is 29.8 Å². The van der Waals surface area contributed by atoms with E-state index in [2.05, 4.69) is 17.4 Å². The Labute approximate surface area is 103 Å². The first-order chi connectivity index (χ1) is 8.42. The number of benzene rings is 1. The van der Waals surface area contributed by atoms with Crippen LogP contribution in [0.25, 0.3) is 0 Å². The van der Waals surface area contributed by atoms with Crippen molar-refractivity contribution in [2.45, 2.75) is 31.7 Å². The average Bonchev–Trinajstić information content (AvgIpc) is 2.39. The Bertz CT molecular complexity index is 341. The molecule has 0 aromatic heterocycles. The van der Waals surface area contributed by atoms with Crippen LogP contribution in [0.1, 0.15) is 37.3 Å². The van der Waals surface area contributed by atoms with E-state index in [-0.39, 0.29) is 0 Å². The van der Waals surface area contributed by atoms with Crippen molar-refractivity contribution in [3.8, 4) is 5.75 Å². The zero-order chi connectivity index (χ0) is 11.9. The maximum atomic E-state index is 8.71. The molecule has 0 aliphatic carbocycles. The van der Waals surface area contributed by atoms with Gasteiger partial charge in [0.2, 0.25) is 0 Å². The predicted octanol–water partition coefficient (Wildman–Crippen LogP) is 2.26. The van der Waals surface area contributed by atoms with Crippen LogP contribution in [0.3, 0.4) is 0 Å². The minimum absolute atomic E-state index is 0.306. The molecule has 1 aromatic rings. The second kappa shape index (κ2) is 6.62. The van der Waals surface area contributed by atoms with E-state index in [1.807, 2.05) is 12.1 Å². The molecule has 0 amide bonds. The van der Waals surface area contributed by atoms with Crippen LogP contribution >= 0.6 is 0 Å². The molecule has 1 aliphatic heterocycles. The van der Waals surface area contributed by atoms with Crippen LogP contribution in [0.15, 0.2) is 24.3 Å². The van der Waals surface area contributed by atoms with Crippen LogP contribution in [0.2, 0.25) is 0 Å². The second-order valence-corrected chi connectivity index (χ2v) is 4.47. The smallest absolute Gasteiger partial charge is 0.124 e. The molecule has 1 heterocycles. The lowest BCUT2D eigenvalue weighted by molar-refractivity contribution is 0.251. The highest BCUT2D eigenvalue weighted by Crippen LogP contribution is 2.31. The van der Waals surface area contributed by atoms with Crippen LogP contribution < -0.4 is 10.1 Å². The molecule has 3 nitrogen and oxygen atoms in total. The largest absolute Gasteiger partial charge is 0.493 e. The molecule has 2 N–H and O–H groups in total. The van der Waals surface area contributed by atoms with Crippen LogP contribution in [0.4, 0.5) is 0 Å². The van der Waals surface area contributed by atoms with Gasteiger partial charge < -0.3 is 15.2 Å². The minimum Gasteiger partial charge on any atom is -0.493 e. The van der Waals surface area contributed by atoms with E-state index < -0.39 is 0 Å². The average molecular weight is 235 g/mol. The molecule has 0 radical (unpaired) electrons. The van der Waals surface area contributed by atoms with Gasteiger partial charge in [0.25, 0.3) is 0 Å². The van der Waals surface area contributed by atoms with Crippen LogP contribution in [-0.4, -0.2) is 24.9 Å². The fourth-order valence-corrected chi connectivity index (χ4v) is 2.24. The van der Waals surface area contributed by atoms with Crippen molar-refractivity contribution in [2.24, 2.45) is 0 Å². The van der Waals surface area contributed by atoms with E-state index in [4.69, 9.17) is 9.84 Å². The van der Waals surface area contributed by atoms with Crippen LogP contribution in [0.5, 0.6) is 5.75 Å². The molecule has 1 atom stereocenters. The SMILES string of the molecule is OCCCCCNC1CCOc2ccccc21. The van der Waals surface area contributed by atoms with Gasteiger partial charge in [-0.25, -0.2) is 0 Å². The Balaban J connectivity index is 1.82. The molecule has 0 bridgehead atoms. The summed E-state index contributed by atoms with van der Waals surface area (Å²) in [6, 6.07) is 8.68. The molecular weight excluding hydrogens is 214 g/mol. The number of fused-ring (bicyclic) bond motifs is 1. The fraction of sp³-hybridized carbons (Fsp3) is 0.571. The molecule has 0 spiro atoms. The normalized spacial score (nSPS) is 18.5. The summed E-state index contributed by atoms with van der Waals surface area (Å²) in [7, 11) is 0. The topological polar surface area (TPSA) is 41.5 Å². The van der Waals surface area contributed by atoms with Gasteiger partial charge in [0, 0.05) is 24.6 Å². The number of ether oxygens (including phenoxy) is 1. The first-order valence-corrected chi connectivity index (χ1v) is 6.48. The number of aliphatic hydroxyl groups excluding tert-OH is 1. The fourth-order valence-electron chi connectivity index (χ4n) is 2.24. The van der Waals surface area contributed by atoms with E-state index in [9.17, 15) is 0 Å². The Hall–Kier alpha value is -1.06. The molecule has 2 rings (SSSR count). The highest BCUT2D eigenvalue weighted by atomic mass is 16.5. The van der Waals surface area contributed by atoms with E-state index in [0.29, 0.717) is 12.6 Å². The lowest BCUT2D eigenvalue weighted by Gasteiger charge is -2.26. The van der Waals surface area contributed by atoms with E-state index in [0.717, 1.165) is 44.6 Å². The number of unbranched alkanes of at least 4 members (excludes halogenated alkanes) is 2. The van der Waals surface area contributed by atoms with Gasteiger partial charge in [-0.15, -0.1) is 0 Å². The monoisotopic (exact) mass is 235 g/mol. The molecule has 17 heavy (non-hydrogen) atoms. The molecule has 0 saturated heterocycles. The van der Waals surface area contributed by atoms with Crippen molar-refractivity contribution in [3.63, 3.8) is 0 Å². The minimum atomic E-state index is 0.306. The van der Waals surface area contributed by atoms with Gasteiger partial charge in [0.15, 0.2) is 0 Å². The standard InChI is InChI=1S/C14H21NO2/c16-10-5-1-4-9-15-13-8-11-17-14-7-3-2-6-12(13)14/h2-3,6-7,13,15-16H,1,4-5,8-11H2.